The van der Waals surface area contributed by atoms with E-state index in [0.717, 1.165) is 21.2 Å². The number of carbonyl (C=O) groups is 1. The summed E-state index contributed by atoms with van der Waals surface area (Å²) in [5, 5.41) is 8.18. The zero-order chi connectivity index (χ0) is 13.7. The molecule has 2 aromatic rings. The maximum Gasteiger partial charge on any atom is 0.309 e. The van der Waals surface area contributed by atoms with Gasteiger partial charge in [-0.1, -0.05) is 47.4 Å². The largest absolute Gasteiger partial charge is 0.469 e. The van der Waals surface area contributed by atoms with E-state index in [2.05, 4.69) is 10.2 Å². The fourth-order valence-electron chi connectivity index (χ4n) is 1.52. The number of benzene rings is 1. The zero-order valence-electron chi connectivity index (χ0n) is 10.3. The predicted octanol–water partition coefficient (Wildman–Crippen LogP) is 2.13. The summed E-state index contributed by atoms with van der Waals surface area (Å²) in [4.78, 5) is 11.3. The van der Waals surface area contributed by atoms with Crippen molar-refractivity contribution in [3.05, 3.63) is 35.4 Å². The van der Waals surface area contributed by atoms with Crippen LogP contribution in [0.4, 0.5) is 5.13 Å². The first-order valence-corrected chi connectivity index (χ1v) is 7.34. The molecule has 0 unspecified atom stereocenters. The Morgan fingerprint density at radius 1 is 1.37 bits per heavy atom. The Bertz CT molecular complexity index is 572. The Morgan fingerprint density at radius 2 is 2.11 bits per heavy atom. The van der Waals surface area contributed by atoms with Crippen LogP contribution in [0.1, 0.15) is 11.1 Å². The van der Waals surface area contributed by atoms with Crippen LogP contribution in [0.5, 0.6) is 0 Å². The molecule has 0 radical (unpaired) electrons. The number of thioether (sulfide) groups is 1. The first kappa shape index (κ1) is 13.8. The Kier molecular flexibility index (Phi) is 4.75. The third-order valence-electron chi connectivity index (χ3n) is 2.45. The molecular weight excluding hydrogens is 282 g/mol. The number of anilines is 1. The van der Waals surface area contributed by atoms with E-state index in [-0.39, 0.29) is 12.4 Å². The summed E-state index contributed by atoms with van der Waals surface area (Å²) in [6.07, 6.45) is 0.283. The van der Waals surface area contributed by atoms with E-state index in [1.807, 2.05) is 24.3 Å². The van der Waals surface area contributed by atoms with Crippen molar-refractivity contribution in [2.75, 3.05) is 12.8 Å². The van der Waals surface area contributed by atoms with E-state index in [4.69, 9.17) is 10.5 Å². The first-order chi connectivity index (χ1) is 9.19. The molecule has 0 saturated carbocycles. The number of nitrogens with zero attached hydrogens (tertiary/aromatic N) is 2. The fraction of sp³-hybridized carbons (Fsp3) is 0.250. The van der Waals surface area contributed by atoms with Gasteiger partial charge in [0.05, 0.1) is 13.5 Å². The molecule has 100 valence electrons. The van der Waals surface area contributed by atoms with Crippen LogP contribution in [0.15, 0.2) is 28.6 Å². The van der Waals surface area contributed by atoms with Crippen molar-refractivity contribution in [3.8, 4) is 0 Å². The molecule has 2 rings (SSSR count). The molecule has 0 aliphatic rings. The number of rotatable bonds is 5. The van der Waals surface area contributed by atoms with Crippen molar-refractivity contribution in [2.45, 2.75) is 16.5 Å². The average Bonchev–Trinajstić information content (AvgIpc) is 2.83. The van der Waals surface area contributed by atoms with Crippen LogP contribution in [-0.2, 0) is 21.7 Å². The van der Waals surface area contributed by atoms with Crippen molar-refractivity contribution in [3.63, 3.8) is 0 Å². The van der Waals surface area contributed by atoms with Crippen molar-refractivity contribution in [2.24, 2.45) is 0 Å². The van der Waals surface area contributed by atoms with Crippen LogP contribution in [0.3, 0.4) is 0 Å². The summed E-state index contributed by atoms with van der Waals surface area (Å²) in [6, 6.07) is 7.79. The Hall–Kier alpha value is -1.60. The minimum Gasteiger partial charge on any atom is -0.469 e. The Morgan fingerprint density at radius 3 is 2.74 bits per heavy atom. The van der Waals surface area contributed by atoms with Gasteiger partial charge >= 0.3 is 5.97 Å². The third-order valence-corrected chi connectivity index (χ3v) is 4.39. The van der Waals surface area contributed by atoms with Crippen LogP contribution in [-0.4, -0.2) is 23.3 Å². The lowest BCUT2D eigenvalue weighted by atomic mass is 10.1. The lowest BCUT2D eigenvalue weighted by Crippen LogP contribution is -2.06. The smallest absolute Gasteiger partial charge is 0.309 e. The molecule has 7 heteroatoms. The van der Waals surface area contributed by atoms with Gasteiger partial charge in [-0.2, -0.15) is 0 Å². The van der Waals surface area contributed by atoms with E-state index in [0.29, 0.717) is 5.13 Å². The highest BCUT2D eigenvalue weighted by atomic mass is 32.2. The normalized spacial score (nSPS) is 10.4. The maximum absolute atomic E-state index is 11.3. The predicted molar refractivity (Wildman–Crippen MR) is 76.0 cm³/mol. The highest BCUT2D eigenvalue weighted by molar-refractivity contribution is 8.00. The minimum absolute atomic E-state index is 0.238. The van der Waals surface area contributed by atoms with Gasteiger partial charge < -0.3 is 10.5 Å². The van der Waals surface area contributed by atoms with E-state index in [1.54, 1.807) is 11.8 Å². The summed E-state index contributed by atoms with van der Waals surface area (Å²) in [5.74, 6) is 0.486. The number of nitrogens with two attached hydrogens (primary N) is 1. The van der Waals surface area contributed by atoms with Gasteiger partial charge in [0.15, 0.2) is 4.34 Å². The van der Waals surface area contributed by atoms with E-state index >= 15 is 0 Å². The second-order valence-electron chi connectivity index (χ2n) is 3.72. The zero-order valence-corrected chi connectivity index (χ0v) is 12.0. The minimum atomic E-state index is -0.238. The third kappa shape index (κ3) is 3.93. The number of hydrogen-bond donors (Lipinski definition) is 1. The molecule has 0 amide bonds. The topological polar surface area (TPSA) is 78.1 Å². The fourth-order valence-corrected chi connectivity index (χ4v) is 3.19. The van der Waals surface area contributed by atoms with Crippen LogP contribution >= 0.6 is 23.1 Å². The highest BCUT2D eigenvalue weighted by Gasteiger charge is 2.09. The molecule has 1 aromatic carbocycles. The van der Waals surface area contributed by atoms with Gasteiger partial charge in [-0.05, 0) is 11.1 Å². The maximum atomic E-state index is 11.3. The average molecular weight is 295 g/mol. The molecule has 2 N–H and O–H groups in total. The molecule has 1 heterocycles. The molecule has 5 nitrogen and oxygen atoms in total. The molecular formula is C12H13N3O2S2. The monoisotopic (exact) mass is 295 g/mol. The van der Waals surface area contributed by atoms with Crippen LogP contribution in [0.2, 0.25) is 0 Å². The molecule has 0 fully saturated rings. The standard InChI is InChI=1S/C12H13N3O2S2/c1-17-10(16)6-8-4-2-3-5-9(8)7-18-12-15-14-11(13)19-12/h2-5H,6-7H2,1H3,(H2,13,14). The van der Waals surface area contributed by atoms with Gasteiger partial charge in [0.25, 0.3) is 0 Å². The summed E-state index contributed by atoms with van der Waals surface area (Å²) in [5.41, 5.74) is 7.59. The van der Waals surface area contributed by atoms with Crippen molar-refractivity contribution >= 4 is 34.2 Å². The molecule has 1 aromatic heterocycles. The second-order valence-corrected chi connectivity index (χ2v) is 5.95. The van der Waals surface area contributed by atoms with Gasteiger partial charge in [-0.25, -0.2) is 0 Å². The summed E-state index contributed by atoms with van der Waals surface area (Å²) in [6.45, 7) is 0. The molecule has 0 spiro atoms. The van der Waals surface area contributed by atoms with Gasteiger partial charge in [-0.15, -0.1) is 10.2 Å². The molecule has 0 bridgehead atoms. The number of carbonyl (C=O) groups excluding carboxylic acids is 1. The highest BCUT2D eigenvalue weighted by Crippen LogP contribution is 2.28. The van der Waals surface area contributed by atoms with E-state index in [1.165, 1.54) is 18.4 Å². The number of esters is 1. The van der Waals surface area contributed by atoms with Crippen molar-refractivity contribution in [1.29, 1.82) is 0 Å². The SMILES string of the molecule is COC(=O)Cc1ccccc1CSc1nnc(N)s1. The number of methoxy groups -OCH3 is 1. The van der Waals surface area contributed by atoms with Crippen LogP contribution < -0.4 is 5.73 Å². The Balaban J connectivity index is 2.05. The van der Waals surface area contributed by atoms with Crippen molar-refractivity contribution in [1.82, 2.24) is 10.2 Å². The van der Waals surface area contributed by atoms with Gasteiger partial charge in [0.2, 0.25) is 5.13 Å². The molecule has 0 saturated heterocycles. The summed E-state index contributed by atoms with van der Waals surface area (Å²) in [7, 11) is 1.39. The molecule has 19 heavy (non-hydrogen) atoms. The first-order valence-electron chi connectivity index (χ1n) is 5.54. The lowest BCUT2D eigenvalue weighted by Gasteiger charge is -2.07. The molecule has 0 atom stereocenters. The summed E-state index contributed by atoms with van der Waals surface area (Å²) >= 11 is 2.91. The van der Waals surface area contributed by atoms with Gasteiger partial charge in [-0.3, -0.25) is 4.79 Å². The van der Waals surface area contributed by atoms with Crippen LogP contribution in [0.25, 0.3) is 0 Å². The summed E-state index contributed by atoms with van der Waals surface area (Å²) < 4.78 is 5.52. The number of hydrogen-bond acceptors (Lipinski definition) is 7. The van der Waals surface area contributed by atoms with E-state index < -0.39 is 0 Å². The second kappa shape index (κ2) is 6.53. The Labute approximate surface area is 119 Å². The molecule has 0 aliphatic carbocycles. The van der Waals surface area contributed by atoms with Crippen LogP contribution in [0, 0.1) is 0 Å². The molecule has 0 aliphatic heterocycles. The number of nitrogen functional groups attached to an aromatic ring is 1. The number of aromatic nitrogens is 2. The van der Waals surface area contributed by atoms with Gasteiger partial charge in [0, 0.05) is 5.75 Å². The number of ether oxygens (including phenoxy) is 1. The van der Waals surface area contributed by atoms with Crippen molar-refractivity contribution < 1.29 is 9.53 Å². The lowest BCUT2D eigenvalue weighted by molar-refractivity contribution is -0.139. The quantitative estimate of drug-likeness (QED) is 0.672. The van der Waals surface area contributed by atoms with E-state index in [9.17, 15) is 4.79 Å². The van der Waals surface area contributed by atoms with Gasteiger partial charge in [0.1, 0.15) is 0 Å².